The Morgan fingerprint density at radius 3 is 1.96 bits per heavy atom. The summed E-state index contributed by atoms with van der Waals surface area (Å²) < 4.78 is 0. The number of aromatic hydroxyl groups is 1. The Labute approximate surface area is 311 Å². The third kappa shape index (κ3) is 16.8. The van der Waals surface area contributed by atoms with E-state index in [1.54, 1.807) is 24.3 Å². The first-order valence-electron chi connectivity index (χ1n) is 18.6. The molecular formula is C37H60N8O8. The molecule has 0 aliphatic carbocycles. The zero-order chi connectivity index (χ0) is 39.3. The average Bonchev–Trinajstić information content (AvgIpc) is 3.11. The number of benzene rings is 1. The molecule has 0 bridgehead atoms. The van der Waals surface area contributed by atoms with Gasteiger partial charge in [0.2, 0.25) is 29.5 Å². The Bertz CT molecular complexity index is 1370. The number of hydrogen-bond acceptors (Lipinski definition) is 10. The third-order valence-electron chi connectivity index (χ3n) is 8.92. The molecule has 1 aliphatic heterocycles. The largest absolute Gasteiger partial charge is 0.508 e. The monoisotopic (exact) mass is 744 g/mol. The summed E-state index contributed by atoms with van der Waals surface area (Å²) in [5, 5.41) is 32.9. The highest BCUT2D eigenvalue weighted by atomic mass is 16.4. The molecule has 1 aromatic rings. The summed E-state index contributed by atoms with van der Waals surface area (Å²) in [5.41, 5.74) is 18.2. The lowest BCUT2D eigenvalue weighted by Gasteiger charge is -2.27. The molecule has 5 amide bonds. The number of hydrogen-bond donors (Lipinski definition) is 10. The molecule has 16 nitrogen and oxygen atoms in total. The molecule has 13 N–H and O–H groups in total. The van der Waals surface area contributed by atoms with Crippen LogP contribution in [0.2, 0.25) is 0 Å². The van der Waals surface area contributed by atoms with E-state index in [1.807, 2.05) is 13.8 Å². The van der Waals surface area contributed by atoms with Gasteiger partial charge in [0.15, 0.2) is 0 Å². The second kappa shape index (κ2) is 23.9. The number of carboxylic acid groups (broad SMARTS) is 1. The van der Waals surface area contributed by atoms with E-state index in [4.69, 9.17) is 17.2 Å². The Morgan fingerprint density at radius 2 is 1.36 bits per heavy atom. The summed E-state index contributed by atoms with van der Waals surface area (Å²) in [4.78, 5) is 79.8. The van der Waals surface area contributed by atoms with Gasteiger partial charge in [-0.05, 0) is 101 Å². The Kier molecular flexibility index (Phi) is 20.1. The maximum Gasteiger partial charge on any atom is 0.326 e. The van der Waals surface area contributed by atoms with Crippen LogP contribution in [-0.4, -0.2) is 95.1 Å². The van der Waals surface area contributed by atoms with Crippen LogP contribution >= 0.6 is 0 Å². The van der Waals surface area contributed by atoms with Crippen molar-refractivity contribution in [2.75, 3.05) is 13.1 Å². The van der Waals surface area contributed by atoms with Crippen molar-refractivity contribution in [3.05, 3.63) is 42.0 Å². The Morgan fingerprint density at radius 1 is 0.792 bits per heavy atom. The normalized spacial score (nSPS) is 21.7. The Hall–Kier alpha value is -4.54. The van der Waals surface area contributed by atoms with E-state index in [2.05, 4.69) is 26.6 Å². The molecule has 0 spiro atoms. The second-order valence-electron chi connectivity index (χ2n) is 14.0. The number of phenols is 1. The predicted molar refractivity (Wildman–Crippen MR) is 200 cm³/mol. The van der Waals surface area contributed by atoms with E-state index in [0.717, 1.165) is 18.4 Å². The highest BCUT2D eigenvalue weighted by molar-refractivity contribution is 5.96. The standard InChI is InChI=1S/C37H60N8O8/c1-23(2)22-31(37(52)53)45-36(51)30(19-16-24-14-17-25(46)18-15-24)44-35(50)28-12-6-5-10-26(40)32(47)41-27(11-4-3-8-20-38)33(48)43-29(34(49)42-28)13-7-9-21-39/h5-6,14-15,17-18,23,26-31,46H,3-4,7-13,16,19-22,38-40H2,1-2H3,(H,41,47)(H,42,49)(H,43,48)(H,44,50)(H,45,51)(H,52,53)/b6-5+/t26-,27-,28-,29-,30-,31-/m0/s1. The molecule has 1 aliphatic rings. The van der Waals surface area contributed by atoms with Crippen LogP contribution in [0.5, 0.6) is 5.75 Å². The maximum absolute atomic E-state index is 13.9. The molecular weight excluding hydrogens is 684 g/mol. The van der Waals surface area contributed by atoms with Gasteiger partial charge in [-0.1, -0.05) is 51.0 Å². The second-order valence-corrected chi connectivity index (χ2v) is 14.0. The lowest BCUT2D eigenvalue weighted by molar-refractivity contribution is -0.142. The molecule has 0 unspecified atom stereocenters. The SMILES string of the molecule is CC(C)C[C@H](NC(=O)[C@H](CCc1ccc(O)cc1)NC(=O)[C@@H]1C/C=C/C[C@H](N)C(=O)N[C@@H](CCCCCN)C(=O)N[C@@H](CCCCN)C(=O)N1)C(=O)O. The van der Waals surface area contributed by atoms with Crippen LogP contribution in [0.1, 0.15) is 90.0 Å². The fraction of sp³-hybridized carbons (Fsp3) is 0.622. The lowest BCUT2D eigenvalue weighted by Crippen LogP contribution is -2.59. The summed E-state index contributed by atoms with van der Waals surface area (Å²) in [6, 6.07) is -0.316. The molecule has 296 valence electrons. The van der Waals surface area contributed by atoms with Crippen LogP contribution in [0.3, 0.4) is 0 Å². The van der Waals surface area contributed by atoms with Crippen molar-refractivity contribution >= 4 is 35.5 Å². The smallest absolute Gasteiger partial charge is 0.326 e. The van der Waals surface area contributed by atoms with Crippen molar-refractivity contribution < 1.29 is 39.0 Å². The molecule has 0 aromatic heterocycles. The number of rotatable bonds is 19. The fourth-order valence-electron chi connectivity index (χ4n) is 5.82. The van der Waals surface area contributed by atoms with Gasteiger partial charge in [-0.15, -0.1) is 0 Å². The van der Waals surface area contributed by atoms with Crippen molar-refractivity contribution in [2.45, 2.75) is 127 Å². The summed E-state index contributed by atoms with van der Waals surface area (Å²) in [6.07, 6.45) is 7.43. The molecule has 0 saturated carbocycles. The molecule has 53 heavy (non-hydrogen) atoms. The van der Waals surface area contributed by atoms with Crippen LogP contribution in [0.25, 0.3) is 0 Å². The Balaban J connectivity index is 2.40. The third-order valence-corrected chi connectivity index (χ3v) is 8.92. The predicted octanol–water partition coefficient (Wildman–Crippen LogP) is 0.205. The summed E-state index contributed by atoms with van der Waals surface area (Å²) in [5.74, 6) is -4.38. The van der Waals surface area contributed by atoms with Gasteiger partial charge in [0.1, 0.15) is 36.0 Å². The van der Waals surface area contributed by atoms with Gasteiger partial charge in [-0.2, -0.15) is 0 Å². The number of amides is 5. The van der Waals surface area contributed by atoms with Gasteiger partial charge in [0, 0.05) is 0 Å². The van der Waals surface area contributed by atoms with Crippen molar-refractivity contribution in [3.8, 4) is 5.75 Å². The molecule has 0 radical (unpaired) electrons. The van der Waals surface area contributed by atoms with Gasteiger partial charge < -0.3 is 54.0 Å². The summed E-state index contributed by atoms with van der Waals surface area (Å²) in [6.45, 7) is 4.50. The highest BCUT2D eigenvalue weighted by Gasteiger charge is 2.33. The molecule has 0 fully saturated rings. The van der Waals surface area contributed by atoms with Crippen molar-refractivity contribution in [2.24, 2.45) is 23.1 Å². The quantitative estimate of drug-likeness (QED) is 0.0675. The minimum atomic E-state index is -1.22. The van der Waals surface area contributed by atoms with Crippen molar-refractivity contribution in [3.63, 3.8) is 0 Å². The highest BCUT2D eigenvalue weighted by Crippen LogP contribution is 2.14. The van der Waals surface area contributed by atoms with Gasteiger partial charge in [0.05, 0.1) is 6.04 Å². The number of aliphatic carboxylic acids is 1. The number of nitrogens with one attached hydrogen (secondary N) is 5. The fourth-order valence-corrected chi connectivity index (χ4v) is 5.82. The van der Waals surface area contributed by atoms with E-state index < -0.39 is 71.8 Å². The van der Waals surface area contributed by atoms with E-state index in [9.17, 15) is 39.0 Å². The number of nitrogens with two attached hydrogens (primary N) is 3. The number of carboxylic acids is 1. The number of phenolic OH excluding ortho intramolecular Hbond substituents is 1. The van der Waals surface area contributed by atoms with Crippen LogP contribution in [0.4, 0.5) is 0 Å². The first-order chi connectivity index (χ1) is 25.2. The van der Waals surface area contributed by atoms with Gasteiger partial charge in [0.25, 0.3) is 0 Å². The van der Waals surface area contributed by atoms with Crippen LogP contribution in [0.15, 0.2) is 36.4 Å². The van der Waals surface area contributed by atoms with Crippen molar-refractivity contribution in [1.29, 1.82) is 0 Å². The molecule has 2 rings (SSSR count). The zero-order valence-corrected chi connectivity index (χ0v) is 31.0. The number of carbonyl (C=O) groups is 6. The minimum Gasteiger partial charge on any atom is -0.508 e. The molecule has 0 saturated heterocycles. The number of unbranched alkanes of at least 4 members (excludes halogenated alkanes) is 3. The van der Waals surface area contributed by atoms with Gasteiger partial charge >= 0.3 is 5.97 Å². The maximum atomic E-state index is 13.9. The molecule has 1 aromatic carbocycles. The molecule has 1 heterocycles. The van der Waals surface area contributed by atoms with Gasteiger partial charge in [-0.3, -0.25) is 24.0 Å². The summed E-state index contributed by atoms with van der Waals surface area (Å²) in [7, 11) is 0. The van der Waals surface area contributed by atoms with Crippen LogP contribution < -0.4 is 43.8 Å². The first-order valence-corrected chi connectivity index (χ1v) is 18.6. The topological polar surface area (TPSA) is 281 Å². The lowest BCUT2D eigenvalue weighted by atomic mass is 10.0. The first kappa shape index (κ1) is 44.6. The van der Waals surface area contributed by atoms with E-state index in [1.165, 1.54) is 12.1 Å². The van der Waals surface area contributed by atoms with E-state index in [-0.39, 0.29) is 43.8 Å². The van der Waals surface area contributed by atoms with Gasteiger partial charge in [-0.25, -0.2) is 4.79 Å². The average molecular weight is 745 g/mol. The number of aryl methyl sites for hydroxylation is 1. The number of carbonyl (C=O) groups excluding carboxylic acids is 5. The van der Waals surface area contributed by atoms with E-state index >= 15 is 0 Å². The van der Waals surface area contributed by atoms with Crippen LogP contribution in [-0.2, 0) is 35.2 Å². The molecule has 6 atom stereocenters. The summed E-state index contributed by atoms with van der Waals surface area (Å²) >= 11 is 0. The molecule has 16 heteroatoms. The van der Waals surface area contributed by atoms with E-state index in [0.29, 0.717) is 45.2 Å². The minimum absolute atomic E-state index is 0.0444. The zero-order valence-electron chi connectivity index (χ0n) is 31.0. The van der Waals surface area contributed by atoms with Crippen LogP contribution in [0, 0.1) is 5.92 Å². The van der Waals surface area contributed by atoms with Crippen molar-refractivity contribution in [1.82, 2.24) is 26.6 Å².